The lowest BCUT2D eigenvalue weighted by molar-refractivity contribution is -0.199. The first-order valence-electron chi connectivity index (χ1n) is 22.6. The van der Waals surface area contributed by atoms with Gasteiger partial charge < -0.3 is 18.9 Å². The van der Waals surface area contributed by atoms with Gasteiger partial charge in [0, 0.05) is 27.7 Å². The Labute approximate surface area is 383 Å². The third kappa shape index (κ3) is 7.69. The lowest BCUT2D eigenvalue weighted by Gasteiger charge is -2.47. The second-order valence-electron chi connectivity index (χ2n) is 19.0. The van der Waals surface area contributed by atoms with E-state index in [-0.39, 0.29) is 12.8 Å². The Balaban J connectivity index is 1.38. The molecule has 0 saturated carbocycles. The van der Waals surface area contributed by atoms with Crippen molar-refractivity contribution in [1.29, 1.82) is 0 Å². The first kappa shape index (κ1) is 43.6. The van der Waals surface area contributed by atoms with Gasteiger partial charge >= 0.3 is 11.9 Å². The number of fused-ring (bicyclic) bond motifs is 1. The van der Waals surface area contributed by atoms with E-state index < -0.39 is 57.4 Å². The monoisotopic (exact) mass is 860 g/mol. The van der Waals surface area contributed by atoms with Crippen LogP contribution in [0.25, 0.3) is 0 Å². The standard InChI is InChI=1S/C59H56O6/c1-54(2)41-56(5,42-57(43-27-13-6-14-28-43,44-29-15-7-16-30-44)45-31-17-8-18-32-45)53(61)65-59(48-37-23-11-24-38-48,49-39-25-12-26-40-49)51-50(62-55(3,4)63-51)58(64-52(54)60,46-33-19-9-20-34-46)47-35-21-10-22-36-47/h6-40,50-51H,41-42H2,1-5H3/t50-,51-,56-/m1/s1. The van der Waals surface area contributed by atoms with E-state index in [9.17, 15) is 0 Å². The van der Waals surface area contributed by atoms with Crippen molar-refractivity contribution < 1.29 is 28.5 Å². The number of carbonyl (C=O) groups excluding carboxylic acids is 2. The average Bonchev–Trinajstić information content (AvgIpc) is 3.68. The predicted molar refractivity (Wildman–Crippen MR) is 254 cm³/mol. The summed E-state index contributed by atoms with van der Waals surface area (Å²) in [5.74, 6) is -2.23. The molecule has 0 N–H and O–H groups in total. The van der Waals surface area contributed by atoms with E-state index in [0.717, 1.165) is 16.7 Å². The highest BCUT2D eigenvalue weighted by Crippen LogP contribution is 2.58. The van der Waals surface area contributed by atoms with Gasteiger partial charge in [0.2, 0.25) is 0 Å². The van der Waals surface area contributed by atoms with Gasteiger partial charge in [-0.15, -0.1) is 0 Å². The molecule has 0 bridgehead atoms. The molecule has 3 atom stereocenters. The molecule has 6 nitrogen and oxygen atoms in total. The summed E-state index contributed by atoms with van der Waals surface area (Å²) in [6.45, 7) is 9.44. The van der Waals surface area contributed by atoms with Crippen molar-refractivity contribution in [3.05, 3.63) is 251 Å². The van der Waals surface area contributed by atoms with Crippen molar-refractivity contribution in [3.63, 3.8) is 0 Å². The highest BCUT2D eigenvalue weighted by molar-refractivity contribution is 5.82. The van der Waals surface area contributed by atoms with Crippen molar-refractivity contribution in [2.75, 3.05) is 0 Å². The van der Waals surface area contributed by atoms with Crippen LogP contribution in [-0.4, -0.2) is 29.9 Å². The largest absolute Gasteiger partial charge is 0.446 e. The minimum atomic E-state index is -1.66. The Bertz CT molecular complexity index is 2530. The molecule has 0 aliphatic carbocycles. The number of cyclic esters (lactones) is 2. The molecule has 0 aromatic heterocycles. The summed E-state index contributed by atoms with van der Waals surface area (Å²) < 4.78 is 29.4. The average molecular weight is 861 g/mol. The fourth-order valence-corrected chi connectivity index (χ4v) is 10.8. The Kier molecular flexibility index (Phi) is 11.5. The molecule has 0 radical (unpaired) electrons. The maximum Gasteiger partial charge on any atom is 0.313 e. The van der Waals surface area contributed by atoms with Crippen LogP contribution in [0.4, 0.5) is 0 Å². The van der Waals surface area contributed by atoms with Crippen LogP contribution in [0.2, 0.25) is 0 Å². The number of benzene rings is 7. The molecule has 2 heterocycles. The molecule has 6 heteroatoms. The lowest BCUT2D eigenvalue weighted by Crippen LogP contribution is -2.58. The van der Waals surface area contributed by atoms with Crippen LogP contribution >= 0.6 is 0 Å². The quantitative estimate of drug-likeness (QED) is 0.106. The molecule has 0 unspecified atom stereocenters. The zero-order valence-electron chi connectivity index (χ0n) is 37.7. The topological polar surface area (TPSA) is 71.1 Å². The van der Waals surface area contributed by atoms with Gasteiger partial charge in [-0.1, -0.05) is 212 Å². The summed E-state index contributed by atoms with van der Waals surface area (Å²) >= 11 is 0. The maximum absolute atomic E-state index is 16.6. The van der Waals surface area contributed by atoms with E-state index >= 15 is 9.59 Å². The van der Waals surface area contributed by atoms with Crippen molar-refractivity contribution >= 4 is 11.9 Å². The number of carbonyl (C=O) groups is 2. The minimum absolute atomic E-state index is 0.0633. The maximum atomic E-state index is 16.6. The molecule has 2 aliphatic rings. The zero-order valence-corrected chi connectivity index (χ0v) is 37.7. The van der Waals surface area contributed by atoms with E-state index in [0.29, 0.717) is 22.3 Å². The summed E-state index contributed by atoms with van der Waals surface area (Å²) in [6, 6.07) is 70.1. The van der Waals surface area contributed by atoms with E-state index in [4.69, 9.17) is 18.9 Å². The van der Waals surface area contributed by atoms with E-state index in [1.165, 1.54) is 0 Å². The molecule has 2 aliphatic heterocycles. The highest BCUT2D eigenvalue weighted by Gasteiger charge is 2.67. The molecule has 2 fully saturated rings. The molecular formula is C59H56O6. The minimum Gasteiger partial charge on any atom is -0.446 e. The number of rotatable bonds is 9. The second kappa shape index (κ2) is 17.1. The molecular weight excluding hydrogens is 805 g/mol. The summed E-state index contributed by atoms with van der Waals surface area (Å²) in [4.78, 5) is 32.4. The number of hydrogen-bond acceptors (Lipinski definition) is 6. The fraction of sp³-hybridized carbons (Fsp3) is 0.254. The molecule has 0 spiro atoms. The number of esters is 2. The first-order chi connectivity index (χ1) is 31.3. The Morgan fingerprint density at radius 3 is 1.00 bits per heavy atom. The molecule has 65 heavy (non-hydrogen) atoms. The second-order valence-corrected chi connectivity index (χ2v) is 19.0. The lowest BCUT2D eigenvalue weighted by atomic mass is 9.58. The highest BCUT2D eigenvalue weighted by atomic mass is 16.8. The summed E-state index contributed by atoms with van der Waals surface area (Å²) in [5.41, 5.74) is -1.08. The van der Waals surface area contributed by atoms with Crippen LogP contribution in [0.1, 0.15) is 86.4 Å². The third-order valence-corrected chi connectivity index (χ3v) is 13.5. The molecule has 328 valence electrons. The third-order valence-electron chi connectivity index (χ3n) is 13.5. The van der Waals surface area contributed by atoms with Gasteiger partial charge in [0.15, 0.2) is 17.0 Å². The Morgan fingerprint density at radius 1 is 0.415 bits per heavy atom. The fourth-order valence-electron chi connectivity index (χ4n) is 10.8. The van der Waals surface area contributed by atoms with E-state index in [1.807, 2.05) is 211 Å². The van der Waals surface area contributed by atoms with Crippen molar-refractivity contribution in [2.45, 2.75) is 82.1 Å². The van der Waals surface area contributed by atoms with Crippen LogP contribution in [-0.2, 0) is 45.2 Å². The number of hydrogen-bond donors (Lipinski definition) is 0. The van der Waals surface area contributed by atoms with E-state index in [2.05, 4.69) is 36.4 Å². The summed E-state index contributed by atoms with van der Waals surface area (Å²) in [7, 11) is 0. The molecule has 7 aromatic rings. The molecule has 0 amide bonds. The van der Waals surface area contributed by atoms with Gasteiger partial charge in [0.05, 0.1) is 10.8 Å². The summed E-state index contributed by atoms with van der Waals surface area (Å²) in [5, 5.41) is 0. The van der Waals surface area contributed by atoms with Crippen LogP contribution in [0.3, 0.4) is 0 Å². The van der Waals surface area contributed by atoms with Gasteiger partial charge in [0.1, 0.15) is 12.2 Å². The normalized spacial score (nSPS) is 22.4. The van der Waals surface area contributed by atoms with Gasteiger partial charge in [0.25, 0.3) is 0 Å². The van der Waals surface area contributed by atoms with Crippen molar-refractivity contribution in [1.82, 2.24) is 0 Å². The Morgan fingerprint density at radius 2 is 0.692 bits per heavy atom. The number of ether oxygens (including phenoxy) is 4. The molecule has 2 saturated heterocycles. The molecule has 7 aromatic carbocycles. The van der Waals surface area contributed by atoms with Gasteiger partial charge in [-0.25, -0.2) is 0 Å². The zero-order chi connectivity index (χ0) is 45.3. The SMILES string of the molecule is CC1(C)O[C@@H]2[C@@H](O1)C(c1ccccc1)(c1ccccc1)OC(=O)[C@@](C)(CC(c1ccccc1)(c1ccccc1)c1ccccc1)CC(C)(C)C(=O)OC2(c1ccccc1)c1ccccc1. The van der Waals surface area contributed by atoms with Gasteiger partial charge in [-0.2, -0.15) is 0 Å². The van der Waals surface area contributed by atoms with Crippen LogP contribution in [0.5, 0.6) is 0 Å². The molecule has 9 rings (SSSR count). The van der Waals surface area contributed by atoms with Crippen LogP contribution in [0.15, 0.2) is 212 Å². The van der Waals surface area contributed by atoms with Gasteiger partial charge in [-0.3, -0.25) is 9.59 Å². The van der Waals surface area contributed by atoms with Crippen LogP contribution in [0, 0.1) is 10.8 Å². The van der Waals surface area contributed by atoms with Gasteiger partial charge in [-0.05, 0) is 64.2 Å². The van der Waals surface area contributed by atoms with E-state index in [1.54, 1.807) is 0 Å². The smallest absolute Gasteiger partial charge is 0.313 e. The Hall–Kier alpha value is -6.60. The van der Waals surface area contributed by atoms with Crippen molar-refractivity contribution in [2.24, 2.45) is 10.8 Å². The predicted octanol–water partition coefficient (Wildman–Crippen LogP) is 12.3. The van der Waals surface area contributed by atoms with Crippen LogP contribution < -0.4 is 0 Å². The summed E-state index contributed by atoms with van der Waals surface area (Å²) in [6.07, 6.45) is -1.87. The first-order valence-corrected chi connectivity index (χ1v) is 22.6. The van der Waals surface area contributed by atoms with Crippen molar-refractivity contribution in [3.8, 4) is 0 Å².